The van der Waals surface area contributed by atoms with Gasteiger partial charge in [-0.15, -0.1) is 6.58 Å². The molecule has 0 spiro atoms. The van der Waals surface area contributed by atoms with E-state index in [2.05, 4.69) is 74.0 Å². The van der Waals surface area contributed by atoms with Crippen LogP contribution in [0.1, 0.15) is 57.8 Å². The summed E-state index contributed by atoms with van der Waals surface area (Å²) >= 11 is 0. The Morgan fingerprint density at radius 1 is 1.26 bits per heavy atom. The van der Waals surface area contributed by atoms with Gasteiger partial charge >= 0.3 is 0 Å². The van der Waals surface area contributed by atoms with Gasteiger partial charge in [-0.2, -0.15) is 0 Å². The van der Waals surface area contributed by atoms with Crippen LogP contribution in [0.2, 0.25) is 0 Å². The number of nitrogens with one attached hydrogen (secondary N) is 1. The Hall–Kier alpha value is -2.95. The quantitative estimate of drug-likeness (QED) is 0.212. The fourth-order valence-corrected chi connectivity index (χ4v) is 3.10. The van der Waals surface area contributed by atoms with Gasteiger partial charge in [0.25, 0.3) is 0 Å². The van der Waals surface area contributed by atoms with Gasteiger partial charge in [0.05, 0.1) is 12.2 Å². The number of halogens is 1. The minimum Gasteiger partial charge on any atom is -0.383 e. The molecule has 2 atom stereocenters. The number of aliphatic imine (C=N–C) groups is 1. The van der Waals surface area contributed by atoms with Crippen LogP contribution in [0.4, 0.5) is 4.39 Å². The fraction of sp³-hybridized carbons (Fsp3) is 0.385. The highest BCUT2D eigenvalue weighted by Gasteiger charge is 2.14. The van der Waals surface area contributed by atoms with Crippen LogP contribution in [-0.4, -0.2) is 10.8 Å². The van der Waals surface area contributed by atoms with Crippen molar-refractivity contribution in [2.45, 2.75) is 53.0 Å². The molecule has 0 aliphatic rings. The molecule has 0 aliphatic heterocycles. The number of amidine groups is 1. The summed E-state index contributed by atoms with van der Waals surface area (Å²) in [5.74, 6) is 0.404. The summed E-state index contributed by atoms with van der Waals surface area (Å²) in [7, 11) is 0. The van der Waals surface area contributed by atoms with Gasteiger partial charge in [-0.3, -0.25) is 0 Å². The van der Waals surface area contributed by atoms with Gasteiger partial charge in [0.1, 0.15) is 17.3 Å². The van der Waals surface area contributed by atoms with Crippen molar-refractivity contribution in [3.63, 3.8) is 0 Å². The predicted molar refractivity (Wildman–Crippen MR) is 131 cm³/mol. The molecule has 1 heterocycles. The number of aromatic nitrogens is 1. The van der Waals surface area contributed by atoms with Crippen molar-refractivity contribution in [3.05, 3.63) is 90.8 Å². The normalized spacial score (nSPS) is 14.3. The highest BCUT2D eigenvalue weighted by atomic mass is 19.1. The molecule has 0 amide bonds. The maximum absolute atomic E-state index is 14.3. The first-order valence-electron chi connectivity index (χ1n) is 10.9. The third-order valence-corrected chi connectivity index (χ3v) is 4.99. The molecular formula is C26H37FN4. The van der Waals surface area contributed by atoms with Crippen molar-refractivity contribution >= 4 is 5.84 Å². The number of hydrogen-bond acceptors (Lipinski definition) is 3. The molecule has 168 valence electrons. The average molecular weight is 425 g/mol. The SMILES string of the molecule is C=C/N=C(\N)c1ccc(F)c(CN/C(=C\CC)CC(/C=C/CC)CC(=C)C(C)C=C)n1. The predicted octanol–water partition coefficient (Wildman–Crippen LogP) is 6.19. The summed E-state index contributed by atoms with van der Waals surface area (Å²) in [6.07, 6.45) is 13.4. The Balaban J connectivity index is 2.97. The molecule has 4 nitrogen and oxygen atoms in total. The van der Waals surface area contributed by atoms with Crippen molar-refractivity contribution in [2.75, 3.05) is 0 Å². The molecule has 0 bridgehead atoms. The first-order chi connectivity index (χ1) is 14.9. The third kappa shape index (κ3) is 9.16. The number of allylic oxidation sites excluding steroid dienone is 6. The summed E-state index contributed by atoms with van der Waals surface area (Å²) in [5, 5.41) is 3.37. The molecule has 0 saturated carbocycles. The highest BCUT2D eigenvalue weighted by Crippen LogP contribution is 2.25. The van der Waals surface area contributed by atoms with Gasteiger partial charge in [0, 0.05) is 11.9 Å². The van der Waals surface area contributed by atoms with E-state index in [1.807, 2.05) is 6.08 Å². The Morgan fingerprint density at radius 2 is 2.00 bits per heavy atom. The lowest BCUT2D eigenvalue weighted by atomic mass is 9.89. The van der Waals surface area contributed by atoms with Crippen LogP contribution >= 0.6 is 0 Å². The van der Waals surface area contributed by atoms with E-state index in [0.717, 1.165) is 37.0 Å². The largest absolute Gasteiger partial charge is 0.383 e. The van der Waals surface area contributed by atoms with E-state index in [1.54, 1.807) is 0 Å². The minimum atomic E-state index is -0.380. The summed E-state index contributed by atoms with van der Waals surface area (Å²) in [6, 6.07) is 2.88. The Labute approximate surface area is 187 Å². The highest BCUT2D eigenvalue weighted by molar-refractivity contribution is 5.96. The van der Waals surface area contributed by atoms with Crippen molar-refractivity contribution in [1.82, 2.24) is 10.3 Å². The van der Waals surface area contributed by atoms with E-state index in [0.29, 0.717) is 17.3 Å². The number of hydrogen-bond donors (Lipinski definition) is 2. The third-order valence-electron chi connectivity index (χ3n) is 4.99. The van der Waals surface area contributed by atoms with Crippen molar-refractivity contribution in [3.8, 4) is 0 Å². The molecule has 1 rings (SSSR count). The second-order valence-corrected chi connectivity index (χ2v) is 7.50. The van der Waals surface area contributed by atoms with Crippen LogP contribution in [0.3, 0.4) is 0 Å². The lowest BCUT2D eigenvalue weighted by Crippen LogP contribution is -2.20. The summed E-state index contributed by atoms with van der Waals surface area (Å²) in [4.78, 5) is 8.25. The second kappa shape index (κ2) is 14.1. The maximum atomic E-state index is 14.3. The summed E-state index contributed by atoms with van der Waals surface area (Å²) in [5.41, 5.74) is 8.81. The van der Waals surface area contributed by atoms with E-state index in [-0.39, 0.29) is 24.1 Å². The standard InChI is InChI=1S/C26H37FN4/c1-7-11-13-21(16-20(6)19(5)9-3)17-22(12-8-2)30-18-25-23(27)14-15-24(31-25)26(28)29-10-4/h9-15,19,21,30H,3-4,6-8,16-18H2,1-2,5H3,(H2,28,29)/b13-11+,22-12-. The number of nitrogens with two attached hydrogens (primary N) is 1. The summed E-state index contributed by atoms with van der Waals surface area (Å²) < 4.78 is 14.3. The van der Waals surface area contributed by atoms with Gasteiger partial charge in [0.15, 0.2) is 0 Å². The Bertz CT molecular complexity index is 836. The Kier molecular flexibility index (Phi) is 11.9. The average Bonchev–Trinajstić information content (AvgIpc) is 2.76. The van der Waals surface area contributed by atoms with Gasteiger partial charge in [-0.25, -0.2) is 14.4 Å². The molecular weight excluding hydrogens is 387 g/mol. The van der Waals surface area contributed by atoms with E-state index in [1.165, 1.54) is 18.3 Å². The zero-order chi connectivity index (χ0) is 23.2. The molecule has 2 unspecified atom stereocenters. The van der Waals surface area contributed by atoms with Crippen molar-refractivity contribution in [1.29, 1.82) is 0 Å². The smallest absolute Gasteiger partial charge is 0.149 e. The molecule has 0 aliphatic carbocycles. The molecule has 31 heavy (non-hydrogen) atoms. The first-order valence-corrected chi connectivity index (χ1v) is 10.9. The van der Waals surface area contributed by atoms with E-state index in [9.17, 15) is 4.39 Å². The van der Waals surface area contributed by atoms with E-state index >= 15 is 0 Å². The molecule has 5 heteroatoms. The van der Waals surface area contributed by atoms with E-state index < -0.39 is 0 Å². The molecule has 0 fully saturated rings. The lowest BCUT2D eigenvalue weighted by molar-refractivity contribution is 0.557. The second-order valence-electron chi connectivity index (χ2n) is 7.50. The maximum Gasteiger partial charge on any atom is 0.149 e. The van der Waals surface area contributed by atoms with Gasteiger partial charge in [0.2, 0.25) is 0 Å². The molecule has 1 aromatic heterocycles. The van der Waals surface area contributed by atoms with Crippen LogP contribution in [0, 0.1) is 17.7 Å². The molecule has 0 aromatic carbocycles. The minimum absolute atomic E-state index is 0.209. The molecule has 0 saturated heterocycles. The van der Waals surface area contributed by atoms with Crippen LogP contribution < -0.4 is 11.1 Å². The van der Waals surface area contributed by atoms with Crippen LogP contribution in [-0.2, 0) is 6.54 Å². The van der Waals surface area contributed by atoms with Crippen LogP contribution in [0.25, 0.3) is 0 Å². The fourth-order valence-electron chi connectivity index (χ4n) is 3.10. The Morgan fingerprint density at radius 3 is 2.61 bits per heavy atom. The van der Waals surface area contributed by atoms with Crippen LogP contribution in [0.5, 0.6) is 0 Å². The lowest BCUT2D eigenvalue weighted by Gasteiger charge is -2.20. The number of rotatable bonds is 14. The topological polar surface area (TPSA) is 63.3 Å². The monoisotopic (exact) mass is 424 g/mol. The number of nitrogens with zero attached hydrogens (tertiary/aromatic N) is 2. The molecule has 0 radical (unpaired) electrons. The zero-order valence-electron chi connectivity index (χ0n) is 19.2. The zero-order valence-corrected chi connectivity index (χ0v) is 19.2. The summed E-state index contributed by atoms with van der Waals surface area (Å²) in [6.45, 7) is 18.2. The van der Waals surface area contributed by atoms with Crippen molar-refractivity contribution in [2.24, 2.45) is 22.6 Å². The first kappa shape index (κ1) is 26.1. The van der Waals surface area contributed by atoms with Gasteiger partial charge < -0.3 is 11.1 Å². The van der Waals surface area contributed by atoms with Gasteiger partial charge in [-0.05, 0) is 49.7 Å². The number of pyridine rings is 1. The van der Waals surface area contributed by atoms with E-state index in [4.69, 9.17) is 5.73 Å². The van der Waals surface area contributed by atoms with Gasteiger partial charge in [-0.1, -0.05) is 63.8 Å². The van der Waals surface area contributed by atoms with Crippen molar-refractivity contribution < 1.29 is 4.39 Å². The molecule has 3 N–H and O–H groups in total. The van der Waals surface area contributed by atoms with Crippen LogP contribution in [0.15, 0.2) is 78.6 Å². The molecule has 1 aromatic rings.